The Morgan fingerprint density at radius 2 is 0.755 bits per heavy atom. The van der Waals surface area contributed by atoms with Crippen LogP contribution in [0, 0.1) is 0 Å². The predicted octanol–water partition coefficient (Wildman–Crippen LogP) is 13.6. The van der Waals surface area contributed by atoms with Crippen LogP contribution in [0.15, 0.2) is 170 Å². The third-order valence-electron chi connectivity index (χ3n) is 11.0. The molecule has 0 saturated carbocycles. The van der Waals surface area contributed by atoms with Crippen LogP contribution in [0.3, 0.4) is 0 Å². The van der Waals surface area contributed by atoms with E-state index in [1.165, 1.54) is 98.7 Å². The summed E-state index contributed by atoms with van der Waals surface area (Å²) in [6, 6.07) is 63.2. The normalized spacial score (nSPS) is 13.3. The van der Waals surface area contributed by atoms with E-state index in [0.717, 1.165) is 0 Å². The van der Waals surface area contributed by atoms with Gasteiger partial charge in [-0.2, -0.15) is 0 Å². The number of fused-ring (bicyclic) bond motifs is 10. The van der Waals surface area contributed by atoms with Crippen molar-refractivity contribution >= 4 is 43.1 Å². The molecule has 230 valence electrons. The van der Waals surface area contributed by atoms with Crippen molar-refractivity contribution in [1.29, 1.82) is 0 Å². The average molecular weight is 623 g/mol. The third-order valence-corrected chi connectivity index (χ3v) is 11.0. The van der Waals surface area contributed by atoms with E-state index in [1.54, 1.807) is 0 Å². The molecule has 10 rings (SSSR count). The number of benzene rings is 9. The SMILES string of the molecule is CC1(C)c2ccccc2-c2ccc(-c3ccc4ccc(-c5cccc(-c6ccc7c8ccccc8c8ccccc8c7c6)c5)cc4c3)cc21. The maximum absolute atomic E-state index is 2.42. The Kier molecular flexibility index (Phi) is 6.02. The van der Waals surface area contributed by atoms with Crippen molar-refractivity contribution < 1.29 is 0 Å². The summed E-state index contributed by atoms with van der Waals surface area (Å²) in [7, 11) is 0. The fraction of sp³-hybridized carbons (Fsp3) is 0.0612. The Labute approximate surface area is 286 Å². The van der Waals surface area contributed by atoms with Gasteiger partial charge in [-0.05, 0) is 129 Å². The van der Waals surface area contributed by atoms with E-state index >= 15 is 0 Å². The van der Waals surface area contributed by atoms with E-state index in [0.29, 0.717) is 0 Å². The molecule has 9 aromatic rings. The van der Waals surface area contributed by atoms with Gasteiger partial charge in [-0.1, -0.05) is 153 Å². The van der Waals surface area contributed by atoms with Crippen LogP contribution in [0.2, 0.25) is 0 Å². The summed E-state index contributed by atoms with van der Waals surface area (Å²) in [4.78, 5) is 0. The average Bonchev–Trinajstić information content (AvgIpc) is 3.40. The first-order valence-corrected chi connectivity index (χ1v) is 17.3. The van der Waals surface area contributed by atoms with Crippen molar-refractivity contribution in [3.63, 3.8) is 0 Å². The van der Waals surface area contributed by atoms with Crippen molar-refractivity contribution in [3.8, 4) is 44.5 Å². The minimum atomic E-state index is -0.0110. The largest absolute Gasteiger partial charge is 0.0619 e. The van der Waals surface area contributed by atoms with Gasteiger partial charge in [0.05, 0.1) is 0 Å². The number of hydrogen-bond acceptors (Lipinski definition) is 0. The van der Waals surface area contributed by atoms with Crippen molar-refractivity contribution in [2.24, 2.45) is 0 Å². The molecule has 0 nitrogen and oxygen atoms in total. The van der Waals surface area contributed by atoms with Gasteiger partial charge in [0, 0.05) is 5.41 Å². The smallest absolute Gasteiger partial charge is 0.0159 e. The second kappa shape index (κ2) is 10.5. The highest BCUT2D eigenvalue weighted by Gasteiger charge is 2.35. The molecule has 0 unspecified atom stereocenters. The molecule has 0 aromatic heterocycles. The first-order chi connectivity index (χ1) is 24.0. The zero-order chi connectivity index (χ0) is 32.7. The van der Waals surface area contributed by atoms with Crippen LogP contribution in [0.5, 0.6) is 0 Å². The van der Waals surface area contributed by atoms with Gasteiger partial charge in [-0.3, -0.25) is 0 Å². The highest BCUT2D eigenvalue weighted by molar-refractivity contribution is 6.25. The van der Waals surface area contributed by atoms with E-state index in [9.17, 15) is 0 Å². The summed E-state index contributed by atoms with van der Waals surface area (Å²) >= 11 is 0. The van der Waals surface area contributed by atoms with Gasteiger partial charge in [0.1, 0.15) is 0 Å². The molecule has 0 fully saturated rings. The van der Waals surface area contributed by atoms with Crippen molar-refractivity contribution in [2.45, 2.75) is 19.3 Å². The molecule has 0 spiro atoms. The van der Waals surface area contributed by atoms with Gasteiger partial charge < -0.3 is 0 Å². The lowest BCUT2D eigenvalue weighted by molar-refractivity contribution is 0.660. The maximum Gasteiger partial charge on any atom is 0.0159 e. The zero-order valence-corrected chi connectivity index (χ0v) is 27.7. The van der Waals surface area contributed by atoms with Crippen molar-refractivity contribution in [1.82, 2.24) is 0 Å². The number of hydrogen-bond donors (Lipinski definition) is 0. The molecule has 0 radical (unpaired) electrons. The standard InChI is InChI=1S/C49H34/c1-49(2)47-17-8-7-16-44(47)45-25-23-37(30-48(45)49)35-21-19-31-18-20-34(27-38(31)28-35)32-10-9-11-33(26-32)36-22-24-43-41-14-4-3-12-39(41)40-13-5-6-15-42(40)46(43)29-36/h3-30H,1-2H3. The molecule has 0 aliphatic heterocycles. The summed E-state index contributed by atoms with van der Waals surface area (Å²) in [5, 5.41) is 10.3. The molecule has 0 saturated heterocycles. The Bertz CT molecular complexity index is 2760. The van der Waals surface area contributed by atoms with E-state index in [1.807, 2.05) is 0 Å². The lowest BCUT2D eigenvalue weighted by atomic mass is 9.81. The van der Waals surface area contributed by atoms with Gasteiger partial charge in [0.2, 0.25) is 0 Å². The first kappa shape index (κ1) is 28.1. The first-order valence-electron chi connectivity index (χ1n) is 17.3. The van der Waals surface area contributed by atoms with E-state index < -0.39 is 0 Å². The molecule has 0 bridgehead atoms. The second-order valence-corrected chi connectivity index (χ2v) is 14.1. The highest BCUT2D eigenvalue weighted by atomic mass is 14.4. The minimum Gasteiger partial charge on any atom is -0.0619 e. The van der Waals surface area contributed by atoms with Gasteiger partial charge in [-0.15, -0.1) is 0 Å². The lowest BCUT2D eigenvalue weighted by Gasteiger charge is -2.22. The summed E-state index contributed by atoms with van der Waals surface area (Å²) in [5.74, 6) is 0. The molecule has 0 heterocycles. The fourth-order valence-corrected chi connectivity index (χ4v) is 8.46. The van der Waals surface area contributed by atoms with Crippen LogP contribution in [0.1, 0.15) is 25.0 Å². The lowest BCUT2D eigenvalue weighted by Crippen LogP contribution is -2.14. The Morgan fingerprint density at radius 3 is 1.43 bits per heavy atom. The summed E-state index contributed by atoms with van der Waals surface area (Å²) in [5.41, 5.74) is 13.0. The van der Waals surface area contributed by atoms with E-state index in [-0.39, 0.29) is 5.41 Å². The topological polar surface area (TPSA) is 0 Å². The highest BCUT2D eigenvalue weighted by Crippen LogP contribution is 2.49. The predicted molar refractivity (Wildman–Crippen MR) is 210 cm³/mol. The quantitative estimate of drug-likeness (QED) is 0.172. The molecule has 49 heavy (non-hydrogen) atoms. The molecule has 1 aliphatic rings. The van der Waals surface area contributed by atoms with Gasteiger partial charge in [0.25, 0.3) is 0 Å². The molecule has 0 atom stereocenters. The van der Waals surface area contributed by atoms with Crippen LogP contribution in [0.25, 0.3) is 87.6 Å². The van der Waals surface area contributed by atoms with Gasteiger partial charge in [-0.25, -0.2) is 0 Å². The van der Waals surface area contributed by atoms with Crippen LogP contribution in [-0.2, 0) is 5.41 Å². The Morgan fingerprint density at radius 1 is 0.286 bits per heavy atom. The van der Waals surface area contributed by atoms with Crippen LogP contribution >= 0.6 is 0 Å². The zero-order valence-electron chi connectivity index (χ0n) is 27.7. The summed E-state index contributed by atoms with van der Waals surface area (Å²) < 4.78 is 0. The number of rotatable bonds is 3. The molecule has 0 heteroatoms. The minimum absolute atomic E-state index is 0.0110. The van der Waals surface area contributed by atoms with Gasteiger partial charge in [0.15, 0.2) is 0 Å². The van der Waals surface area contributed by atoms with Crippen molar-refractivity contribution in [2.75, 3.05) is 0 Å². The van der Waals surface area contributed by atoms with Gasteiger partial charge >= 0.3 is 0 Å². The Hall–Kier alpha value is -5.98. The molecule has 0 amide bonds. The second-order valence-electron chi connectivity index (χ2n) is 14.1. The van der Waals surface area contributed by atoms with E-state index in [2.05, 4.69) is 184 Å². The molecular formula is C49H34. The molecule has 0 N–H and O–H groups in total. The maximum atomic E-state index is 2.42. The third kappa shape index (κ3) is 4.31. The molecular weight excluding hydrogens is 589 g/mol. The van der Waals surface area contributed by atoms with Crippen LogP contribution in [-0.4, -0.2) is 0 Å². The molecule has 9 aromatic carbocycles. The van der Waals surface area contributed by atoms with Crippen LogP contribution in [0.4, 0.5) is 0 Å². The Balaban J connectivity index is 1.04. The van der Waals surface area contributed by atoms with Crippen molar-refractivity contribution in [3.05, 3.63) is 181 Å². The summed E-state index contributed by atoms with van der Waals surface area (Å²) in [6.07, 6.45) is 0. The monoisotopic (exact) mass is 622 g/mol. The molecule has 1 aliphatic carbocycles. The summed E-state index contributed by atoms with van der Waals surface area (Å²) in [6.45, 7) is 4.70. The van der Waals surface area contributed by atoms with E-state index in [4.69, 9.17) is 0 Å². The fourth-order valence-electron chi connectivity index (χ4n) is 8.46. The van der Waals surface area contributed by atoms with Crippen LogP contribution < -0.4 is 0 Å².